The number of likely N-dealkylation sites (tertiary alicyclic amines) is 1. The number of pyridine rings is 2. The van der Waals surface area contributed by atoms with E-state index in [0.29, 0.717) is 30.0 Å². The number of nitrogens with zero attached hydrogens (tertiary/aromatic N) is 4. The van der Waals surface area contributed by atoms with Gasteiger partial charge in [0, 0.05) is 47.7 Å². The van der Waals surface area contributed by atoms with Gasteiger partial charge in [0.05, 0.1) is 6.61 Å². The Morgan fingerprint density at radius 3 is 2.70 bits per heavy atom. The normalized spacial score (nSPS) is 15.3. The third-order valence-electron chi connectivity index (χ3n) is 7.35. The van der Waals surface area contributed by atoms with Gasteiger partial charge in [-0.3, -0.25) is 9.78 Å². The Morgan fingerprint density at radius 1 is 1.00 bits per heavy atom. The number of hydrogen-bond donors (Lipinski definition) is 0. The van der Waals surface area contributed by atoms with Crippen molar-refractivity contribution in [3.63, 3.8) is 0 Å². The van der Waals surface area contributed by atoms with Crippen LogP contribution in [0.2, 0.25) is 0 Å². The first-order chi connectivity index (χ1) is 18.2. The maximum atomic E-state index is 15.7. The zero-order valence-electron chi connectivity index (χ0n) is 20.7. The van der Waals surface area contributed by atoms with Crippen molar-refractivity contribution < 1.29 is 13.9 Å². The lowest BCUT2D eigenvalue weighted by molar-refractivity contribution is 0.112. The first-order valence-corrected chi connectivity index (χ1v) is 13.0. The molecule has 2 aromatic carbocycles. The van der Waals surface area contributed by atoms with E-state index in [1.807, 2.05) is 42.5 Å². The minimum atomic E-state index is -0.318. The van der Waals surface area contributed by atoms with Crippen molar-refractivity contribution in [1.29, 1.82) is 0 Å². The first-order valence-electron chi connectivity index (χ1n) is 13.0. The summed E-state index contributed by atoms with van der Waals surface area (Å²) in [7, 11) is 0. The van der Waals surface area contributed by atoms with Crippen LogP contribution in [-0.4, -0.2) is 53.9 Å². The molecule has 6 nitrogen and oxygen atoms in total. The molecule has 188 valence electrons. The molecule has 0 aliphatic carbocycles. The number of aldehydes is 1. The summed E-state index contributed by atoms with van der Waals surface area (Å²) in [5, 5.41) is 0.861. The maximum Gasteiger partial charge on any atom is 0.172 e. The van der Waals surface area contributed by atoms with Crippen LogP contribution < -0.4 is 9.64 Å². The number of benzene rings is 2. The summed E-state index contributed by atoms with van der Waals surface area (Å²) in [5.41, 5.74) is 4.77. The van der Waals surface area contributed by atoms with Gasteiger partial charge in [0.15, 0.2) is 23.7 Å². The summed E-state index contributed by atoms with van der Waals surface area (Å²) in [5.74, 6) is 0.723. The fraction of sp³-hybridized carbons (Fsp3) is 0.300. The number of hydrogen-bond acceptors (Lipinski definition) is 6. The minimum Gasteiger partial charge on any atom is -0.490 e. The molecule has 0 radical (unpaired) electrons. The number of rotatable bonds is 8. The summed E-state index contributed by atoms with van der Waals surface area (Å²) in [6.07, 6.45) is 8.29. The van der Waals surface area contributed by atoms with Gasteiger partial charge in [0.1, 0.15) is 5.52 Å². The molecule has 7 heteroatoms. The SMILES string of the molecule is O=Cc1cnc2c(N3CCc4c(-c5cccc(OCCCN6CCCC6)c5F)cccc43)nccc2c1. The van der Waals surface area contributed by atoms with Gasteiger partial charge < -0.3 is 14.5 Å². The van der Waals surface area contributed by atoms with Crippen LogP contribution >= 0.6 is 0 Å². The third-order valence-corrected chi connectivity index (χ3v) is 7.35. The van der Waals surface area contributed by atoms with Crippen molar-refractivity contribution >= 4 is 28.7 Å². The Balaban J connectivity index is 1.27. The van der Waals surface area contributed by atoms with E-state index in [0.717, 1.165) is 72.3 Å². The molecule has 2 aliphatic rings. The molecule has 37 heavy (non-hydrogen) atoms. The lowest BCUT2D eigenvalue weighted by Gasteiger charge is -2.20. The highest BCUT2D eigenvalue weighted by Crippen LogP contribution is 2.42. The second-order valence-electron chi connectivity index (χ2n) is 9.67. The molecule has 0 N–H and O–H groups in total. The largest absolute Gasteiger partial charge is 0.490 e. The third kappa shape index (κ3) is 4.55. The molecule has 4 aromatic rings. The van der Waals surface area contributed by atoms with E-state index in [1.165, 1.54) is 12.8 Å². The van der Waals surface area contributed by atoms with E-state index in [2.05, 4.69) is 19.8 Å². The predicted molar refractivity (Wildman–Crippen MR) is 143 cm³/mol. The van der Waals surface area contributed by atoms with Crippen LogP contribution in [0.15, 0.2) is 60.9 Å². The van der Waals surface area contributed by atoms with Crippen LogP contribution in [0.5, 0.6) is 5.75 Å². The van der Waals surface area contributed by atoms with Gasteiger partial charge in [-0.15, -0.1) is 0 Å². The van der Waals surface area contributed by atoms with Crippen molar-refractivity contribution in [3.05, 3.63) is 77.9 Å². The molecule has 6 rings (SSSR count). The van der Waals surface area contributed by atoms with Gasteiger partial charge >= 0.3 is 0 Å². The highest BCUT2D eigenvalue weighted by atomic mass is 19.1. The van der Waals surface area contributed by atoms with Crippen molar-refractivity contribution in [2.45, 2.75) is 25.7 Å². The Kier molecular flexibility index (Phi) is 6.53. The first kappa shape index (κ1) is 23.6. The molecule has 4 heterocycles. The van der Waals surface area contributed by atoms with Crippen molar-refractivity contribution in [2.75, 3.05) is 37.7 Å². The highest BCUT2D eigenvalue weighted by molar-refractivity contribution is 5.94. The maximum absolute atomic E-state index is 15.7. The number of anilines is 2. The second kappa shape index (κ2) is 10.3. The van der Waals surface area contributed by atoms with Crippen LogP contribution in [0.1, 0.15) is 35.2 Å². The Hall–Kier alpha value is -3.84. The van der Waals surface area contributed by atoms with Crippen molar-refractivity contribution in [2.24, 2.45) is 0 Å². The Labute approximate surface area is 215 Å². The van der Waals surface area contributed by atoms with Gasteiger partial charge in [-0.2, -0.15) is 0 Å². The van der Waals surface area contributed by atoms with Crippen LogP contribution in [0, 0.1) is 5.82 Å². The van der Waals surface area contributed by atoms with Crippen molar-refractivity contribution in [3.8, 4) is 16.9 Å². The van der Waals surface area contributed by atoms with Crippen LogP contribution in [0.3, 0.4) is 0 Å². The van der Waals surface area contributed by atoms with Gasteiger partial charge in [-0.05, 0) is 74.2 Å². The van der Waals surface area contributed by atoms with Crippen LogP contribution in [0.25, 0.3) is 22.0 Å². The number of aromatic nitrogens is 2. The van der Waals surface area contributed by atoms with Gasteiger partial charge in [-0.25, -0.2) is 9.37 Å². The summed E-state index contributed by atoms with van der Waals surface area (Å²) in [4.78, 5) is 24.9. The summed E-state index contributed by atoms with van der Waals surface area (Å²) in [6, 6.07) is 15.1. The summed E-state index contributed by atoms with van der Waals surface area (Å²) in [6.45, 7) is 4.53. The topological polar surface area (TPSA) is 58.6 Å². The fourth-order valence-corrected chi connectivity index (χ4v) is 5.54. The number of carbonyl (C=O) groups excluding carboxylic acids is 1. The van der Waals surface area contributed by atoms with E-state index in [9.17, 15) is 4.79 Å². The van der Waals surface area contributed by atoms with E-state index >= 15 is 4.39 Å². The number of ether oxygens (including phenoxy) is 1. The summed E-state index contributed by atoms with van der Waals surface area (Å²) < 4.78 is 21.5. The molecular formula is C30H29FN4O2. The molecule has 0 saturated carbocycles. The average molecular weight is 497 g/mol. The molecular weight excluding hydrogens is 467 g/mol. The molecule has 0 atom stereocenters. The Morgan fingerprint density at radius 2 is 1.84 bits per heavy atom. The fourth-order valence-electron chi connectivity index (χ4n) is 5.54. The zero-order chi connectivity index (χ0) is 25.2. The predicted octanol–water partition coefficient (Wildman–Crippen LogP) is 5.81. The van der Waals surface area contributed by atoms with Crippen LogP contribution in [0.4, 0.5) is 15.9 Å². The number of carbonyl (C=O) groups is 1. The smallest absolute Gasteiger partial charge is 0.172 e. The lowest BCUT2D eigenvalue weighted by atomic mass is 9.97. The lowest BCUT2D eigenvalue weighted by Crippen LogP contribution is -2.22. The average Bonchev–Trinajstić information content (AvgIpc) is 3.61. The van der Waals surface area contributed by atoms with E-state index in [4.69, 9.17) is 4.74 Å². The molecule has 0 spiro atoms. The molecule has 0 amide bonds. The number of halogens is 1. The molecule has 1 saturated heterocycles. The summed E-state index contributed by atoms with van der Waals surface area (Å²) >= 11 is 0. The second-order valence-corrected chi connectivity index (χ2v) is 9.67. The van der Waals surface area contributed by atoms with E-state index in [-0.39, 0.29) is 5.82 Å². The molecule has 1 fully saturated rings. The van der Waals surface area contributed by atoms with Gasteiger partial charge in [0.25, 0.3) is 0 Å². The van der Waals surface area contributed by atoms with Gasteiger partial charge in [0.2, 0.25) is 0 Å². The quantitative estimate of drug-likeness (QED) is 0.227. The molecule has 2 aliphatic heterocycles. The molecule has 2 aromatic heterocycles. The monoisotopic (exact) mass is 496 g/mol. The van der Waals surface area contributed by atoms with Gasteiger partial charge in [-0.1, -0.05) is 24.3 Å². The standard InChI is InChI=1S/C30H29FN4O2/c31-28-25(7-4-9-27(28)37-17-5-15-34-13-1-2-14-34)23-6-3-8-26-24(23)11-16-35(26)30-29-22(10-12-32-30)18-21(20-36)19-33-29/h3-4,6-10,12,18-20H,1-2,5,11,13-17H2. The van der Waals surface area contributed by atoms with Crippen LogP contribution in [-0.2, 0) is 6.42 Å². The van der Waals surface area contributed by atoms with E-state index < -0.39 is 0 Å². The van der Waals surface area contributed by atoms with Crippen molar-refractivity contribution in [1.82, 2.24) is 14.9 Å². The van der Waals surface area contributed by atoms with E-state index in [1.54, 1.807) is 18.5 Å². The highest BCUT2D eigenvalue weighted by Gasteiger charge is 2.27. The zero-order valence-corrected chi connectivity index (χ0v) is 20.7. The molecule has 0 unspecified atom stereocenters. The number of fused-ring (bicyclic) bond motifs is 2. The molecule has 0 bridgehead atoms. The Bertz CT molecular complexity index is 1450. The minimum absolute atomic E-state index is 0.303.